The lowest BCUT2D eigenvalue weighted by Gasteiger charge is -2.07. The van der Waals surface area contributed by atoms with Crippen molar-refractivity contribution in [3.63, 3.8) is 0 Å². The smallest absolute Gasteiger partial charge is 0.387 e. The number of nitrogens with one attached hydrogen (secondary N) is 1. The van der Waals surface area contributed by atoms with E-state index < -0.39 is 4.92 Å². The summed E-state index contributed by atoms with van der Waals surface area (Å²) in [5.41, 5.74) is 7.30. The molecule has 0 amide bonds. The van der Waals surface area contributed by atoms with Gasteiger partial charge in [-0.25, -0.2) is 0 Å². The Bertz CT molecular complexity index is 557. The van der Waals surface area contributed by atoms with Gasteiger partial charge in [-0.05, 0) is 21.5 Å². The summed E-state index contributed by atoms with van der Waals surface area (Å²) in [6, 6.07) is 11.1. The third-order valence-corrected chi connectivity index (χ3v) is 2.39. The highest BCUT2D eigenvalue weighted by atomic mass is 16.6. The Morgan fingerprint density at radius 1 is 1.33 bits per heavy atom. The second-order valence-electron chi connectivity index (χ2n) is 3.74. The normalized spacial score (nSPS) is 10.0. The molecule has 0 saturated heterocycles. The third kappa shape index (κ3) is 2.73. The molecule has 1 heterocycles. The monoisotopic (exact) mass is 244 g/mol. The Morgan fingerprint density at radius 3 is 2.72 bits per heavy atom. The van der Waals surface area contributed by atoms with Gasteiger partial charge in [0.25, 0.3) is 0 Å². The van der Waals surface area contributed by atoms with Crippen molar-refractivity contribution in [3.05, 3.63) is 58.3 Å². The average molecular weight is 244 g/mol. The average Bonchev–Trinajstić information content (AvgIpc) is 2.37. The van der Waals surface area contributed by atoms with Crippen molar-refractivity contribution in [2.24, 2.45) is 0 Å². The number of hydrogen-bond donors (Lipinski definition) is 2. The fraction of sp³-hybridized carbons (Fsp3) is 0.0833. The van der Waals surface area contributed by atoms with E-state index in [1.165, 1.54) is 12.3 Å². The second kappa shape index (κ2) is 5.13. The van der Waals surface area contributed by atoms with Gasteiger partial charge in [0.15, 0.2) is 6.20 Å². The molecular formula is C12H12N4O2. The van der Waals surface area contributed by atoms with Gasteiger partial charge in [0.05, 0.1) is 5.69 Å². The molecule has 0 aliphatic heterocycles. The van der Waals surface area contributed by atoms with Crippen molar-refractivity contribution in [1.29, 1.82) is 0 Å². The van der Waals surface area contributed by atoms with Gasteiger partial charge in [-0.1, -0.05) is 30.3 Å². The highest BCUT2D eigenvalue weighted by molar-refractivity contribution is 5.63. The fourth-order valence-corrected chi connectivity index (χ4v) is 1.54. The Hall–Kier alpha value is -2.63. The number of anilines is 2. The van der Waals surface area contributed by atoms with Crippen LogP contribution in [0.1, 0.15) is 5.56 Å². The van der Waals surface area contributed by atoms with Crippen molar-refractivity contribution in [1.82, 2.24) is 4.98 Å². The Balaban J connectivity index is 2.18. The first-order valence-corrected chi connectivity index (χ1v) is 5.34. The van der Waals surface area contributed by atoms with E-state index in [1.807, 2.05) is 30.3 Å². The molecule has 0 bridgehead atoms. The molecule has 3 N–H and O–H groups in total. The summed E-state index contributed by atoms with van der Waals surface area (Å²) in [6.07, 6.45) is 1.27. The molecule has 92 valence electrons. The predicted molar refractivity (Wildman–Crippen MR) is 69.1 cm³/mol. The van der Waals surface area contributed by atoms with Crippen molar-refractivity contribution in [2.45, 2.75) is 6.54 Å². The van der Waals surface area contributed by atoms with Gasteiger partial charge in [0, 0.05) is 6.54 Å². The fourth-order valence-electron chi connectivity index (χ4n) is 1.54. The molecule has 1 aromatic heterocycles. The lowest BCUT2D eigenvalue weighted by atomic mass is 10.2. The van der Waals surface area contributed by atoms with E-state index >= 15 is 0 Å². The summed E-state index contributed by atoms with van der Waals surface area (Å²) in [7, 11) is 0. The molecule has 1 aromatic carbocycles. The second-order valence-corrected chi connectivity index (χ2v) is 3.74. The third-order valence-electron chi connectivity index (χ3n) is 2.39. The van der Waals surface area contributed by atoms with Crippen LogP contribution in [0, 0.1) is 10.1 Å². The van der Waals surface area contributed by atoms with Gasteiger partial charge < -0.3 is 21.2 Å². The molecular weight excluding hydrogens is 232 g/mol. The predicted octanol–water partition coefficient (Wildman–Crippen LogP) is 2.18. The van der Waals surface area contributed by atoms with Crippen LogP contribution in [0.2, 0.25) is 0 Å². The molecule has 0 aliphatic rings. The molecule has 6 heteroatoms. The summed E-state index contributed by atoms with van der Waals surface area (Å²) in [5.74, 6) is -0.222. The summed E-state index contributed by atoms with van der Waals surface area (Å²) in [6.45, 7) is 0.479. The lowest BCUT2D eigenvalue weighted by Crippen LogP contribution is -2.05. The molecule has 0 saturated carbocycles. The molecule has 0 atom stereocenters. The van der Waals surface area contributed by atoms with E-state index in [2.05, 4.69) is 10.3 Å². The Kier molecular flexibility index (Phi) is 3.38. The summed E-state index contributed by atoms with van der Waals surface area (Å²) in [4.78, 5) is 14.0. The van der Waals surface area contributed by atoms with Gasteiger partial charge in [0.1, 0.15) is 5.69 Å². The van der Waals surface area contributed by atoms with Crippen LogP contribution in [0.25, 0.3) is 0 Å². The summed E-state index contributed by atoms with van der Waals surface area (Å²) in [5, 5.41) is 13.8. The standard InChI is InChI=1S/C12H12N4O2/c13-10-6-11(12(15-8-10)16(17)18)14-7-9-4-2-1-3-5-9/h1-6,8,14H,7,13H2. The minimum absolute atomic E-state index is 0.222. The number of pyridine rings is 1. The maximum atomic E-state index is 10.8. The minimum Gasteiger partial charge on any atom is -0.396 e. The zero-order valence-electron chi connectivity index (χ0n) is 9.54. The molecule has 0 radical (unpaired) electrons. The number of nitrogens with zero attached hydrogens (tertiary/aromatic N) is 2. The van der Waals surface area contributed by atoms with Crippen molar-refractivity contribution < 1.29 is 4.92 Å². The van der Waals surface area contributed by atoms with Crippen LogP contribution in [0.15, 0.2) is 42.6 Å². The topological polar surface area (TPSA) is 94.1 Å². The number of rotatable bonds is 4. The molecule has 6 nitrogen and oxygen atoms in total. The lowest BCUT2D eigenvalue weighted by molar-refractivity contribution is -0.388. The molecule has 0 fully saturated rings. The van der Waals surface area contributed by atoms with Crippen LogP contribution in [-0.4, -0.2) is 9.91 Å². The van der Waals surface area contributed by atoms with Crippen LogP contribution < -0.4 is 11.1 Å². The van der Waals surface area contributed by atoms with Gasteiger partial charge in [-0.3, -0.25) is 0 Å². The first-order chi connectivity index (χ1) is 8.66. The van der Waals surface area contributed by atoms with Gasteiger partial charge in [-0.15, -0.1) is 0 Å². The first kappa shape index (κ1) is 11.8. The molecule has 2 aromatic rings. The van der Waals surface area contributed by atoms with E-state index in [1.54, 1.807) is 0 Å². The molecule has 0 aliphatic carbocycles. The minimum atomic E-state index is -0.535. The Labute approximate surface area is 104 Å². The SMILES string of the molecule is Nc1cnc([N+](=O)[O-])c(NCc2ccccc2)c1. The summed E-state index contributed by atoms with van der Waals surface area (Å²) >= 11 is 0. The highest BCUT2D eigenvalue weighted by Crippen LogP contribution is 2.23. The van der Waals surface area contributed by atoms with E-state index in [9.17, 15) is 10.1 Å². The van der Waals surface area contributed by atoms with E-state index in [0.29, 0.717) is 17.9 Å². The van der Waals surface area contributed by atoms with Gasteiger partial charge in [0.2, 0.25) is 0 Å². The number of hydrogen-bond acceptors (Lipinski definition) is 5. The van der Waals surface area contributed by atoms with Crippen LogP contribution in [0.3, 0.4) is 0 Å². The van der Waals surface area contributed by atoms with Crippen LogP contribution in [0.4, 0.5) is 17.2 Å². The van der Waals surface area contributed by atoms with Crippen LogP contribution >= 0.6 is 0 Å². The van der Waals surface area contributed by atoms with E-state index in [4.69, 9.17) is 5.73 Å². The maximum Gasteiger partial charge on any atom is 0.387 e. The first-order valence-electron chi connectivity index (χ1n) is 5.34. The molecule has 0 unspecified atom stereocenters. The number of benzene rings is 1. The zero-order chi connectivity index (χ0) is 13.0. The van der Waals surface area contributed by atoms with Crippen molar-refractivity contribution in [2.75, 3.05) is 11.1 Å². The van der Waals surface area contributed by atoms with Crippen molar-refractivity contribution >= 4 is 17.2 Å². The Morgan fingerprint density at radius 2 is 2.06 bits per heavy atom. The van der Waals surface area contributed by atoms with Crippen molar-refractivity contribution in [3.8, 4) is 0 Å². The number of aromatic nitrogens is 1. The van der Waals surface area contributed by atoms with Gasteiger partial charge >= 0.3 is 5.82 Å². The van der Waals surface area contributed by atoms with Crippen LogP contribution in [-0.2, 0) is 6.54 Å². The molecule has 18 heavy (non-hydrogen) atoms. The maximum absolute atomic E-state index is 10.8. The molecule has 2 rings (SSSR count). The van der Waals surface area contributed by atoms with Crippen LogP contribution in [0.5, 0.6) is 0 Å². The summed E-state index contributed by atoms with van der Waals surface area (Å²) < 4.78 is 0. The number of nitrogens with two attached hydrogens (primary N) is 1. The van der Waals surface area contributed by atoms with E-state index in [-0.39, 0.29) is 5.82 Å². The quantitative estimate of drug-likeness (QED) is 0.635. The largest absolute Gasteiger partial charge is 0.396 e. The number of nitro groups is 1. The van der Waals surface area contributed by atoms with Gasteiger partial charge in [-0.2, -0.15) is 0 Å². The molecule has 0 spiro atoms. The van der Waals surface area contributed by atoms with E-state index in [0.717, 1.165) is 5.56 Å². The highest BCUT2D eigenvalue weighted by Gasteiger charge is 2.15. The number of nitrogen functional groups attached to an aromatic ring is 1. The zero-order valence-corrected chi connectivity index (χ0v) is 9.54.